The molecular weight excluding hydrogens is 334 g/mol. The number of benzene rings is 1. The maximum absolute atomic E-state index is 12.5. The third-order valence-electron chi connectivity index (χ3n) is 4.36. The Morgan fingerprint density at radius 3 is 2.62 bits per heavy atom. The fourth-order valence-electron chi connectivity index (χ4n) is 2.96. The van der Waals surface area contributed by atoms with Gasteiger partial charge >= 0.3 is 0 Å². The SMILES string of the molecule is COc1ccc(NC(=O)c2ccc(CN3CC[C@H](O)C3)cc2)c(OC)n1. The maximum atomic E-state index is 12.5. The van der Waals surface area contributed by atoms with Crippen LogP contribution in [0.25, 0.3) is 0 Å². The van der Waals surface area contributed by atoms with Crippen LogP contribution >= 0.6 is 0 Å². The lowest BCUT2D eigenvalue weighted by Crippen LogP contribution is -2.21. The minimum atomic E-state index is -0.238. The van der Waals surface area contributed by atoms with E-state index in [1.54, 1.807) is 24.3 Å². The molecule has 0 aliphatic carbocycles. The number of ether oxygens (including phenoxy) is 2. The lowest BCUT2D eigenvalue weighted by Gasteiger charge is -2.15. The van der Waals surface area contributed by atoms with Crippen LogP contribution < -0.4 is 14.8 Å². The Morgan fingerprint density at radius 1 is 1.23 bits per heavy atom. The summed E-state index contributed by atoms with van der Waals surface area (Å²) in [6.07, 6.45) is 0.589. The van der Waals surface area contributed by atoms with Crippen molar-refractivity contribution in [2.45, 2.75) is 19.1 Å². The molecule has 0 unspecified atom stereocenters. The van der Waals surface area contributed by atoms with Crippen molar-refractivity contribution in [2.75, 3.05) is 32.6 Å². The van der Waals surface area contributed by atoms with Crippen molar-refractivity contribution in [2.24, 2.45) is 0 Å². The number of hydrogen-bond acceptors (Lipinski definition) is 6. The van der Waals surface area contributed by atoms with Gasteiger partial charge in [0, 0.05) is 31.3 Å². The number of nitrogens with one attached hydrogen (secondary N) is 1. The summed E-state index contributed by atoms with van der Waals surface area (Å²) in [6, 6.07) is 10.8. The first-order chi connectivity index (χ1) is 12.6. The molecule has 2 heterocycles. The predicted molar refractivity (Wildman–Crippen MR) is 97.6 cm³/mol. The van der Waals surface area contributed by atoms with E-state index in [9.17, 15) is 9.90 Å². The molecule has 1 saturated heterocycles. The Hall–Kier alpha value is -2.64. The van der Waals surface area contributed by atoms with Crippen LogP contribution in [0.15, 0.2) is 36.4 Å². The summed E-state index contributed by atoms with van der Waals surface area (Å²) in [6.45, 7) is 2.37. The number of β-amino-alcohol motifs (C(OH)–C–C–N with tert-alkyl or cyclic N) is 1. The van der Waals surface area contributed by atoms with Crippen molar-refractivity contribution in [1.82, 2.24) is 9.88 Å². The molecule has 2 N–H and O–H groups in total. The van der Waals surface area contributed by atoms with Crippen molar-refractivity contribution in [3.63, 3.8) is 0 Å². The van der Waals surface area contributed by atoms with Gasteiger partial charge in [0.1, 0.15) is 5.69 Å². The Bertz CT molecular complexity index is 764. The molecule has 1 aromatic carbocycles. The first kappa shape index (κ1) is 18.2. The molecule has 1 aliphatic heterocycles. The van der Waals surface area contributed by atoms with E-state index in [1.807, 2.05) is 12.1 Å². The molecule has 26 heavy (non-hydrogen) atoms. The number of hydrogen-bond donors (Lipinski definition) is 2. The van der Waals surface area contributed by atoms with Crippen LogP contribution in [0, 0.1) is 0 Å². The lowest BCUT2D eigenvalue weighted by molar-refractivity contribution is 0.102. The molecule has 3 rings (SSSR count). The van der Waals surface area contributed by atoms with E-state index >= 15 is 0 Å². The van der Waals surface area contributed by atoms with Gasteiger partial charge in [-0.25, -0.2) is 0 Å². The van der Waals surface area contributed by atoms with Gasteiger partial charge < -0.3 is 19.9 Å². The quantitative estimate of drug-likeness (QED) is 0.822. The fraction of sp³-hybridized carbons (Fsp3) is 0.368. The number of likely N-dealkylation sites (tertiary alicyclic amines) is 1. The van der Waals surface area contributed by atoms with E-state index in [0.29, 0.717) is 29.6 Å². The van der Waals surface area contributed by atoms with Crippen molar-refractivity contribution in [1.29, 1.82) is 0 Å². The highest BCUT2D eigenvalue weighted by Gasteiger charge is 2.20. The maximum Gasteiger partial charge on any atom is 0.255 e. The Morgan fingerprint density at radius 2 is 2.00 bits per heavy atom. The van der Waals surface area contributed by atoms with Crippen molar-refractivity contribution >= 4 is 11.6 Å². The van der Waals surface area contributed by atoms with E-state index in [0.717, 1.165) is 25.1 Å². The second-order valence-corrected chi connectivity index (χ2v) is 6.24. The normalized spacial score (nSPS) is 17.1. The number of aliphatic hydroxyl groups is 1. The summed E-state index contributed by atoms with van der Waals surface area (Å²) in [5.41, 5.74) is 2.14. The average Bonchev–Trinajstić information content (AvgIpc) is 3.07. The van der Waals surface area contributed by atoms with Crippen LogP contribution in [0.1, 0.15) is 22.3 Å². The Labute approximate surface area is 152 Å². The molecule has 1 amide bonds. The molecule has 7 heteroatoms. The van der Waals surface area contributed by atoms with Crippen LogP contribution in [0.5, 0.6) is 11.8 Å². The van der Waals surface area contributed by atoms with E-state index in [2.05, 4.69) is 15.2 Å². The Balaban J connectivity index is 1.65. The number of amides is 1. The van der Waals surface area contributed by atoms with Gasteiger partial charge in [-0.1, -0.05) is 12.1 Å². The van der Waals surface area contributed by atoms with E-state index < -0.39 is 0 Å². The number of rotatable bonds is 6. The first-order valence-electron chi connectivity index (χ1n) is 8.49. The standard InChI is InChI=1S/C19H23N3O4/c1-25-17-8-7-16(19(21-17)26-2)20-18(24)14-5-3-13(4-6-14)11-22-10-9-15(23)12-22/h3-8,15,23H,9-12H2,1-2H3,(H,20,24)/t15-/m0/s1. The first-order valence-corrected chi connectivity index (χ1v) is 8.49. The molecule has 138 valence electrons. The number of methoxy groups -OCH3 is 2. The minimum Gasteiger partial charge on any atom is -0.481 e. The smallest absolute Gasteiger partial charge is 0.255 e. The molecule has 0 spiro atoms. The molecule has 0 bridgehead atoms. The monoisotopic (exact) mass is 357 g/mol. The predicted octanol–water partition coefficient (Wildman–Crippen LogP) is 1.92. The summed E-state index contributed by atoms with van der Waals surface area (Å²) in [5.74, 6) is 0.469. The molecular formula is C19H23N3O4. The summed E-state index contributed by atoms with van der Waals surface area (Å²) in [7, 11) is 3.01. The highest BCUT2D eigenvalue weighted by molar-refractivity contribution is 6.04. The molecule has 0 saturated carbocycles. The molecule has 1 atom stereocenters. The summed E-state index contributed by atoms with van der Waals surface area (Å²) in [4.78, 5) is 18.8. The van der Waals surface area contributed by atoms with Crippen LogP contribution in [0.4, 0.5) is 5.69 Å². The molecule has 1 fully saturated rings. The zero-order valence-corrected chi connectivity index (χ0v) is 14.9. The number of pyridine rings is 1. The largest absolute Gasteiger partial charge is 0.481 e. The topological polar surface area (TPSA) is 83.9 Å². The van der Waals surface area contributed by atoms with E-state index in [4.69, 9.17) is 9.47 Å². The number of aromatic nitrogens is 1. The number of carbonyl (C=O) groups excluding carboxylic acids is 1. The number of nitrogens with zero attached hydrogens (tertiary/aromatic N) is 2. The van der Waals surface area contributed by atoms with Gasteiger partial charge in [0.05, 0.1) is 20.3 Å². The average molecular weight is 357 g/mol. The summed E-state index contributed by atoms with van der Waals surface area (Å²) >= 11 is 0. The number of carbonyl (C=O) groups is 1. The van der Waals surface area contributed by atoms with Crippen molar-refractivity contribution < 1.29 is 19.4 Å². The molecule has 1 aromatic heterocycles. The van der Waals surface area contributed by atoms with Crippen LogP contribution in [-0.2, 0) is 6.54 Å². The minimum absolute atomic E-state index is 0.229. The molecule has 7 nitrogen and oxygen atoms in total. The highest BCUT2D eigenvalue weighted by Crippen LogP contribution is 2.25. The van der Waals surface area contributed by atoms with Crippen molar-refractivity contribution in [3.05, 3.63) is 47.5 Å². The van der Waals surface area contributed by atoms with Gasteiger partial charge in [0.2, 0.25) is 11.8 Å². The third kappa shape index (κ3) is 4.30. The second kappa shape index (κ2) is 8.16. The zero-order valence-electron chi connectivity index (χ0n) is 14.9. The third-order valence-corrected chi connectivity index (χ3v) is 4.36. The number of anilines is 1. The van der Waals surface area contributed by atoms with Crippen molar-refractivity contribution in [3.8, 4) is 11.8 Å². The Kier molecular flexibility index (Phi) is 5.70. The van der Waals surface area contributed by atoms with Crippen LogP contribution in [0.2, 0.25) is 0 Å². The lowest BCUT2D eigenvalue weighted by atomic mass is 10.1. The van der Waals surface area contributed by atoms with E-state index in [-0.39, 0.29) is 12.0 Å². The summed E-state index contributed by atoms with van der Waals surface area (Å²) in [5, 5.41) is 12.4. The van der Waals surface area contributed by atoms with Crippen LogP contribution in [0.3, 0.4) is 0 Å². The van der Waals surface area contributed by atoms with Gasteiger partial charge in [-0.2, -0.15) is 4.98 Å². The van der Waals surface area contributed by atoms with Gasteiger partial charge in [-0.05, 0) is 30.2 Å². The van der Waals surface area contributed by atoms with Gasteiger partial charge in [-0.3, -0.25) is 9.69 Å². The molecule has 2 aromatic rings. The van der Waals surface area contributed by atoms with Gasteiger partial charge in [-0.15, -0.1) is 0 Å². The molecule has 1 aliphatic rings. The van der Waals surface area contributed by atoms with Gasteiger partial charge in [0.25, 0.3) is 5.91 Å². The fourth-order valence-corrected chi connectivity index (χ4v) is 2.96. The highest BCUT2D eigenvalue weighted by atomic mass is 16.5. The molecule has 0 radical (unpaired) electrons. The number of aliphatic hydroxyl groups excluding tert-OH is 1. The van der Waals surface area contributed by atoms with E-state index in [1.165, 1.54) is 14.2 Å². The van der Waals surface area contributed by atoms with Crippen LogP contribution in [-0.4, -0.2) is 54.3 Å². The summed E-state index contributed by atoms with van der Waals surface area (Å²) < 4.78 is 10.2. The van der Waals surface area contributed by atoms with Gasteiger partial charge in [0.15, 0.2) is 0 Å². The second-order valence-electron chi connectivity index (χ2n) is 6.24. The zero-order chi connectivity index (χ0) is 18.5.